The third-order valence-corrected chi connectivity index (χ3v) is 2.27. The van der Waals surface area contributed by atoms with E-state index in [1.807, 2.05) is 0 Å². The Morgan fingerprint density at radius 2 is 2.18 bits per heavy atom. The van der Waals surface area contributed by atoms with E-state index in [-0.39, 0.29) is 12.1 Å². The van der Waals surface area contributed by atoms with Crippen molar-refractivity contribution < 1.29 is 24.5 Å². The van der Waals surface area contributed by atoms with Crippen LogP contribution in [-0.4, -0.2) is 41.5 Å². The lowest BCUT2D eigenvalue weighted by Gasteiger charge is -2.18. The molecule has 0 bridgehead atoms. The predicted molar refractivity (Wildman–Crippen MR) is 58.4 cm³/mol. The number of rotatable bonds is 5. The summed E-state index contributed by atoms with van der Waals surface area (Å²) in [5, 5.41) is 19.5. The van der Waals surface area contributed by atoms with Crippen LogP contribution in [0, 0.1) is 0 Å². The van der Waals surface area contributed by atoms with Gasteiger partial charge in [-0.25, -0.2) is 0 Å². The number of hydrogen-bond donors (Lipinski definition) is 2. The highest BCUT2D eigenvalue weighted by molar-refractivity contribution is 5.69. The van der Waals surface area contributed by atoms with E-state index >= 15 is 0 Å². The molecule has 0 radical (unpaired) electrons. The van der Waals surface area contributed by atoms with Crippen LogP contribution in [0.25, 0.3) is 0 Å². The summed E-state index contributed by atoms with van der Waals surface area (Å²) in [7, 11) is 2.64. The number of carbonyl (C=O) groups excluding carboxylic acids is 1. The Hall–Kier alpha value is -1.66. The van der Waals surface area contributed by atoms with Crippen LogP contribution in [0.5, 0.6) is 5.75 Å². The molecule has 0 spiro atoms. The van der Waals surface area contributed by atoms with E-state index in [4.69, 9.17) is 4.74 Å². The highest BCUT2D eigenvalue weighted by Gasteiger charge is 2.25. The van der Waals surface area contributed by atoms with Gasteiger partial charge in [0.1, 0.15) is 17.5 Å². The molecule has 1 rings (SSSR count). The molecule has 0 amide bonds. The topological polar surface area (TPSA) is 88.9 Å². The van der Waals surface area contributed by atoms with Crippen LogP contribution < -0.4 is 4.74 Å². The molecule has 0 aliphatic rings. The van der Waals surface area contributed by atoms with Crippen LogP contribution in [-0.2, 0) is 9.53 Å². The molecule has 2 unspecified atom stereocenters. The Kier molecular flexibility index (Phi) is 4.86. The van der Waals surface area contributed by atoms with Gasteiger partial charge in [-0.05, 0) is 12.1 Å². The number of methoxy groups -OCH3 is 2. The molecule has 0 aliphatic carbocycles. The van der Waals surface area contributed by atoms with Crippen molar-refractivity contribution in [2.45, 2.75) is 18.6 Å². The summed E-state index contributed by atoms with van der Waals surface area (Å²) < 4.78 is 9.40. The quantitative estimate of drug-likeness (QED) is 0.708. The molecule has 0 aliphatic heterocycles. The maximum Gasteiger partial charge on any atom is 0.308 e. The molecule has 1 aromatic rings. The average Bonchev–Trinajstić information content (AvgIpc) is 2.37. The van der Waals surface area contributed by atoms with Crippen molar-refractivity contribution >= 4 is 5.97 Å². The molecule has 0 fully saturated rings. The zero-order valence-electron chi connectivity index (χ0n) is 9.66. The normalized spacial score (nSPS) is 13.9. The molecule has 6 nitrogen and oxygen atoms in total. The SMILES string of the molecule is COC(=O)CC(O)C(O)c1ncccc1OC. The molecule has 17 heavy (non-hydrogen) atoms. The number of esters is 1. The minimum Gasteiger partial charge on any atom is -0.495 e. The first kappa shape index (κ1) is 13.4. The second kappa shape index (κ2) is 6.17. The summed E-state index contributed by atoms with van der Waals surface area (Å²) in [6, 6.07) is 3.25. The smallest absolute Gasteiger partial charge is 0.308 e. The summed E-state index contributed by atoms with van der Waals surface area (Å²) >= 11 is 0. The van der Waals surface area contributed by atoms with Gasteiger partial charge in [0, 0.05) is 6.20 Å². The minimum absolute atomic E-state index is 0.186. The van der Waals surface area contributed by atoms with Crippen LogP contribution in [0.3, 0.4) is 0 Å². The lowest BCUT2D eigenvalue weighted by Crippen LogP contribution is -2.23. The number of pyridine rings is 1. The number of aliphatic hydroxyl groups excluding tert-OH is 2. The van der Waals surface area contributed by atoms with E-state index < -0.39 is 18.2 Å². The fourth-order valence-electron chi connectivity index (χ4n) is 1.35. The van der Waals surface area contributed by atoms with E-state index in [1.54, 1.807) is 12.1 Å². The third kappa shape index (κ3) is 3.40. The maximum absolute atomic E-state index is 11.0. The average molecular weight is 241 g/mol. The first-order valence-corrected chi connectivity index (χ1v) is 5.02. The van der Waals surface area contributed by atoms with Gasteiger partial charge in [0.2, 0.25) is 0 Å². The molecule has 94 valence electrons. The number of hydrogen-bond acceptors (Lipinski definition) is 6. The van der Waals surface area contributed by atoms with E-state index in [0.29, 0.717) is 5.75 Å². The van der Waals surface area contributed by atoms with Crippen LogP contribution in [0.1, 0.15) is 18.2 Å². The van der Waals surface area contributed by atoms with Gasteiger partial charge in [0.05, 0.1) is 26.7 Å². The fraction of sp³-hybridized carbons (Fsp3) is 0.455. The number of aliphatic hydroxyl groups is 2. The molecule has 2 atom stereocenters. The summed E-state index contributed by atoms with van der Waals surface area (Å²) in [4.78, 5) is 14.9. The van der Waals surface area contributed by atoms with Crippen molar-refractivity contribution in [2.24, 2.45) is 0 Å². The van der Waals surface area contributed by atoms with Gasteiger partial charge in [0.15, 0.2) is 0 Å². The minimum atomic E-state index is -1.30. The van der Waals surface area contributed by atoms with E-state index in [0.717, 1.165) is 0 Å². The Labute approximate surface area is 98.8 Å². The highest BCUT2D eigenvalue weighted by atomic mass is 16.5. The monoisotopic (exact) mass is 241 g/mol. The highest BCUT2D eigenvalue weighted by Crippen LogP contribution is 2.25. The molecule has 6 heteroatoms. The van der Waals surface area contributed by atoms with Crippen molar-refractivity contribution in [3.8, 4) is 5.75 Å². The molecule has 2 N–H and O–H groups in total. The lowest BCUT2D eigenvalue weighted by atomic mass is 10.1. The standard InChI is InChI=1S/C11H15NO5/c1-16-8-4-3-5-12-10(8)11(15)7(13)6-9(14)17-2/h3-5,7,11,13,15H,6H2,1-2H3. The summed E-state index contributed by atoms with van der Waals surface area (Å²) in [6.07, 6.45) is -1.43. The zero-order valence-corrected chi connectivity index (χ0v) is 9.66. The third-order valence-electron chi connectivity index (χ3n) is 2.27. The number of aromatic nitrogens is 1. The molecular weight excluding hydrogens is 226 g/mol. The van der Waals surface area contributed by atoms with E-state index in [9.17, 15) is 15.0 Å². The van der Waals surface area contributed by atoms with E-state index in [1.165, 1.54) is 20.4 Å². The summed E-state index contributed by atoms with van der Waals surface area (Å²) in [6.45, 7) is 0. The van der Waals surface area contributed by atoms with Crippen LogP contribution in [0.2, 0.25) is 0 Å². The Morgan fingerprint density at radius 3 is 2.76 bits per heavy atom. The van der Waals surface area contributed by atoms with Crippen LogP contribution in [0.15, 0.2) is 18.3 Å². The first-order chi connectivity index (χ1) is 8.10. The number of carbonyl (C=O) groups is 1. The van der Waals surface area contributed by atoms with Gasteiger partial charge < -0.3 is 19.7 Å². The predicted octanol–water partition coefficient (Wildman–Crippen LogP) is 0.0476. The van der Waals surface area contributed by atoms with Gasteiger partial charge >= 0.3 is 5.97 Å². The molecular formula is C11H15NO5. The summed E-state index contributed by atoms with van der Waals surface area (Å²) in [5.74, 6) is -0.254. The van der Waals surface area contributed by atoms with Crippen molar-refractivity contribution in [3.05, 3.63) is 24.0 Å². The van der Waals surface area contributed by atoms with Crippen LogP contribution in [0.4, 0.5) is 0 Å². The van der Waals surface area contributed by atoms with Crippen molar-refractivity contribution in [2.75, 3.05) is 14.2 Å². The van der Waals surface area contributed by atoms with Gasteiger partial charge in [0.25, 0.3) is 0 Å². The van der Waals surface area contributed by atoms with Gasteiger partial charge in [-0.1, -0.05) is 0 Å². The number of ether oxygens (including phenoxy) is 2. The van der Waals surface area contributed by atoms with Crippen molar-refractivity contribution in [1.82, 2.24) is 4.98 Å². The Bertz CT molecular complexity index is 382. The second-order valence-corrected chi connectivity index (χ2v) is 3.38. The lowest BCUT2D eigenvalue weighted by molar-refractivity contribution is -0.144. The molecule has 0 saturated heterocycles. The van der Waals surface area contributed by atoms with Crippen molar-refractivity contribution in [3.63, 3.8) is 0 Å². The fourth-order valence-corrected chi connectivity index (χ4v) is 1.35. The zero-order chi connectivity index (χ0) is 12.8. The molecule has 1 aromatic heterocycles. The Morgan fingerprint density at radius 1 is 1.47 bits per heavy atom. The molecule has 1 heterocycles. The Balaban J connectivity index is 2.80. The van der Waals surface area contributed by atoms with Gasteiger partial charge in [-0.2, -0.15) is 0 Å². The first-order valence-electron chi connectivity index (χ1n) is 5.02. The number of nitrogens with zero attached hydrogens (tertiary/aromatic N) is 1. The maximum atomic E-state index is 11.0. The molecule has 0 saturated carbocycles. The molecule has 0 aromatic carbocycles. The summed E-state index contributed by atoms with van der Waals surface area (Å²) in [5.41, 5.74) is 0.186. The van der Waals surface area contributed by atoms with Crippen LogP contribution >= 0.6 is 0 Å². The van der Waals surface area contributed by atoms with Crippen molar-refractivity contribution in [1.29, 1.82) is 0 Å². The largest absolute Gasteiger partial charge is 0.495 e. The second-order valence-electron chi connectivity index (χ2n) is 3.38. The van der Waals surface area contributed by atoms with Gasteiger partial charge in [-0.3, -0.25) is 9.78 Å². The van der Waals surface area contributed by atoms with E-state index in [2.05, 4.69) is 9.72 Å². The van der Waals surface area contributed by atoms with Gasteiger partial charge in [-0.15, -0.1) is 0 Å².